The Kier molecular flexibility index (Phi) is 6.36. The van der Waals surface area contributed by atoms with E-state index >= 15 is 0 Å². The molecule has 1 heterocycles. The SMILES string of the molecule is CC(C)(c1ccc(Oc2ccc(C(N)=O)nn2)cc1)c1ccc(OC2CC(OC(N)=O)C2)cc1. The van der Waals surface area contributed by atoms with Gasteiger partial charge < -0.3 is 25.7 Å². The highest BCUT2D eigenvalue weighted by Crippen LogP contribution is 2.35. The summed E-state index contributed by atoms with van der Waals surface area (Å²) in [6.45, 7) is 4.29. The van der Waals surface area contributed by atoms with E-state index < -0.39 is 12.0 Å². The molecular weight excluding hydrogens is 436 g/mol. The zero-order chi connectivity index (χ0) is 24.3. The van der Waals surface area contributed by atoms with Crippen LogP contribution in [0.4, 0.5) is 4.79 Å². The first-order valence-corrected chi connectivity index (χ1v) is 10.9. The van der Waals surface area contributed by atoms with Crippen molar-refractivity contribution in [1.82, 2.24) is 10.2 Å². The average Bonchev–Trinajstić information content (AvgIpc) is 2.78. The van der Waals surface area contributed by atoms with Crippen LogP contribution in [-0.4, -0.2) is 34.4 Å². The van der Waals surface area contributed by atoms with Crippen LogP contribution in [0.3, 0.4) is 0 Å². The number of rotatable bonds is 8. The van der Waals surface area contributed by atoms with Crippen molar-refractivity contribution in [3.63, 3.8) is 0 Å². The maximum absolute atomic E-state index is 11.1. The number of nitrogens with two attached hydrogens (primary N) is 2. The Labute approximate surface area is 197 Å². The fourth-order valence-electron chi connectivity index (χ4n) is 3.75. The molecule has 0 saturated heterocycles. The van der Waals surface area contributed by atoms with Gasteiger partial charge in [-0.2, -0.15) is 0 Å². The van der Waals surface area contributed by atoms with Crippen molar-refractivity contribution in [2.45, 2.75) is 44.3 Å². The molecule has 0 unspecified atom stereocenters. The van der Waals surface area contributed by atoms with Crippen LogP contribution >= 0.6 is 0 Å². The number of carbonyl (C=O) groups excluding carboxylic acids is 2. The molecule has 2 aromatic carbocycles. The summed E-state index contributed by atoms with van der Waals surface area (Å²) < 4.78 is 16.6. The van der Waals surface area contributed by atoms with Crippen molar-refractivity contribution in [3.8, 4) is 17.4 Å². The summed E-state index contributed by atoms with van der Waals surface area (Å²) in [5.74, 6) is 1.00. The molecule has 4 rings (SSSR count). The Bertz CT molecular complexity index is 1160. The van der Waals surface area contributed by atoms with Gasteiger partial charge >= 0.3 is 6.09 Å². The van der Waals surface area contributed by atoms with Gasteiger partial charge in [0, 0.05) is 24.3 Å². The molecule has 1 saturated carbocycles. The normalized spacial score (nSPS) is 17.4. The summed E-state index contributed by atoms with van der Waals surface area (Å²) in [6, 6.07) is 18.7. The van der Waals surface area contributed by atoms with Gasteiger partial charge in [-0.3, -0.25) is 4.79 Å². The molecule has 176 valence electrons. The molecule has 0 radical (unpaired) electrons. The molecule has 1 aromatic heterocycles. The Balaban J connectivity index is 1.36. The van der Waals surface area contributed by atoms with E-state index in [1.54, 1.807) is 6.07 Å². The van der Waals surface area contributed by atoms with E-state index in [2.05, 4.69) is 24.0 Å². The van der Waals surface area contributed by atoms with Crippen LogP contribution < -0.4 is 20.9 Å². The van der Waals surface area contributed by atoms with Crippen molar-refractivity contribution >= 4 is 12.0 Å². The summed E-state index contributed by atoms with van der Waals surface area (Å²) in [7, 11) is 0. The molecule has 4 N–H and O–H groups in total. The molecule has 9 heteroatoms. The first kappa shape index (κ1) is 23.0. The first-order chi connectivity index (χ1) is 16.2. The smallest absolute Gasteiger partial charge is 0.404 e. The number of amides is 2. The number of hydrogen-bond donors (Lipinski definition) is 2. The van der Waals surface area contributed by atoms with Gasteiger partial charge in [-0.25, -0.2) is 4.79 Å². The zero-order valence-corrected chi connectivity index (χ0v) is 18.9. The summed E-state index contributed by atoms with van der Waals surface area (Å²) >= 11 is 0. The minimum atomic E-state index is -0.748. The highest BCUT2D eigenvalue weighted by atomic mass is 16.6. The lowest BCUT2D eigenvalue weighted by molar-refractivity contribution is -0.0197. The Morgan fingerprint density at radius 1 is 0.824 bits per heavy atom. The van der Waals surface area contributed by atoms with Gasteiger partial charge in [0.25, 0.3) is 5.91 Å². The van der Waals surface area contributed by atoms with Gasteiger partial charge in [0.15, 0.2) is 5.69 Å². The van der Waals surface area contributed by atoms with Crippen molar-refractivity contribution in [2.24, 2.45) is 11.5 Å². The lowest BCUT2D eigenvalue weighted by atomic mass is 9.78. The Morgan fingerprint density at radius 2 is 1.41 bits per heavy atom. The van der Waals surface area contributed by atoms with Gasteiger partial charge in [-0.1, -0.05) is 38.1 Å². The molecule has 0 spiro atoms. The molecule has 9 nitrogen and oxygen atoms in total. The van der Waals surface area contributed by atoms with Gasteiger partial charge in [0.05, 0.1) is 0 Å². The van der Waals surface area contributed by atoms with E-state index in [4.69, 9.17) is 25.7 Å². The van der Waals surface area contributed by atoms with Crippen molar-refractivity contribution in [3.05, 3.63) is 77.5 Å². The molecule has 3 aromatic rings. The topological polar surface area (TPSA) is 140 Å². The Morgan fingerprint density at radius 3 is 1.91 bits per heavy atom. The quantitative estimate of drug-likeness (QED) is 0.520. The first-order valence-electron chi connectivity index (χ1n) is 10.9. The molecule has 1 aliphatic carbocycles. The van der Waals surface area contributed by atoms with Crippen molar-refractivity contribution < 1.29 is 23.8 Å². The zero-order valence-electron chi connectivity index (χ0n) is 18.9. The number of carbonyl (C=O) groups is 2. The largest absolute Gasteiger partial charge is 0.490 e. The fraction of sp³-hybridized carbons (Fsp3) is 0.280. The standard InChI is InChI=1S/C25H26N4O5/c1-25(2,15-3-7-17(8-4-15)32-19-13-20(14-19)34-24(27)31)16-5-9-18(10-6-16)33-22-12-11-21(23(26)30)28-29-22/h3-12,19-20H,13-14H2,1-2H3,(H2,26,30)(H2,27,31). The molecule has 0 bridgehead atoms. The van der Waals surface area contributed by atoms with Crippen LogP contribution in [0.1, 0.15) is 48.3 Å². The van der Waals surface area contributed by atoms with E-state index in [9.17, 15) is 9.59 Å². The van der Waals surface area contributed by atoms with Crippen molar-refractivity contribution in [2.75, 3.05) is 0 Å². The van der Waals surface area contributed by atoms with Gasteiger partial charge in [-0.05, 0) is 41.5 Å². The minimum absolute atomic E-state index is 0.0208. The van der Waals surface area contributed by atoms with E-state index in [1.807, 2.05) is 48.5 Å². The van der Waals surface area contributed by atoms with Crippen LogP contribution in [0, 0.1) is 0 Å². The summed E-state index contributed by atoms with van der Waals surface area (Å²) in [5.41, 5.74) is 12.3. The summed E-state index contributed by atoms with van der Waals surface area (Å²) in [4.78, 5) is 21.9. The average molecular weight is 463 g/mol. The van der Waals surface area contributed by atoms with Crippen molar-refractivity contribution in [1.29, 1.82) is 0 Å². The lowest BCUT2D eigenvalue weighted by Gasteiger charge is -2.34. The highest BCUT2D eigenvalue weighted by molar-refractivity contribution is 5.90. The maximum atomic E-state index is 11.1. The maximum Gasteiger partial charge on any atom is 0.404 e. The lowest BCUT2D eigenvalue weighted by Crippen LogP contribution is -2.41. The minimum Gasteiger partial charge on any atom is -0.490 e. The molecule has 0 aliphatic heterocycles. The number of nitrogens with zero attached hydrogens (tertiary/aromatic N) is 2. The molecule has 0 atom stereocenters. The van der Waals surface area contributed by atoms with Crippen LogP contribution in [0.15, 0.2) is 60.7 Å². The monoisotopic (exact) mass is 462 g/mol. The molecule has 1 aliphatic rings. The predicted molar refractivity (Wildman–Crippen MR) is 124 cm³/mol. The number of benzene rings is 2. The second kappa shape index (κ2) is 9.38. The van der Waals surface area contributed by atoms with Crippen LogP contribution in [0.25, 0.3) is 0 Å². The number of hydrogen-bond acceptors (Lipinski definition) is 7. The number of ether oxygens (including phenoxy) is 3. The second-order valence-electron chi connectivity index (χ2n) is 8.67. The molecule has 2 amide bonds. The molecular formula is C25H26N4O5. The summed E-state index contributed by atoms with van der Waals surface area (Å²) in [6.07, 6.45) is 0.403. The van der Waals surface area contributed by atoms with Crippen LogP contribution in [-0.2, 0) is 10.2 Å². The third-order valence-corrected chi connectivity index (χ3v) is 5.90. The third kappa shape index (κ3) is 5.25. The second-order valence-corrected chi connectivity index (χ2v) is 8.67. The van der Waals surface area contributed by atoms with Crippen LogP contribution in [0.5, 0.6) is 17.4 Å². The Hall–Kier alpha value is -4.14. The highest BCUT2D eigenvalue weighted by Gasteiger charge is 2.33. The fourth-order valence-corrected chi connectivity index (χ4v) is 3.75. The number of primary amides is 2. The molecule has 34 heavy (non-hydrogen) atoms. The molecule has 1 fully saturated rings. The van der Waals surface area contributed by atoms with Crippen LogP contribution in [0.2, 0.25) is 0 Å². The van der Waals surface area contributed by atoms with Gasteiger partial charge in [0.2, 0.25) is 5.88 Å². The summed E-state index contributed by atoms with van der Waals surface area (Å²) in [5, 5.41) is 7.59. The van der Waals surface area contributed by atoms with Gasteiger partial charge in [-0.15, -0.1) is 10.2 Å². The predicted octanol–water partition coefficient (Wildman–Crippen LogP) is 3.70. The van der Waals surface area contributed by atoms with E-state index in [-0.39, 0.29) is 29.2 Å². The van der Waals surface area contributed by atoms with Gasteiger partial charge in [0.1, 0.15) is 23.7 Å². The third-order valence-electron chi connectivity index (χ3n) is 5.90. The van der Waals surface area contributed by atoms with E-state index in [0.29, 0.717) is 18.6 Å². The number of aromatic nitrogens is 2. The van der Waals surface area contributed by atoms with E-state index in [1.165, 1.54) is 6.07 Å². The van der Waals surface area contributed by atoms with E-state index in [0.717, 1.165) is 16.9 Å².